The molecule has 0 N–H and O–H groups in total. The summed E-state index contributed by atoms with van der Waals surface area (Å²) in [7, 11) is 0. The second-order valence-corrected chi connectivity index (χ2v) is 13.7. The van der Waals surface area contributed by atoms with E-state index in [-0.39, 0.29) is 5.41 Å². The highest BCUT2D eigenvalue weighted by molar-refractivity contribution is 7.25. The maximum atomic E-state index is 2.45. The third-order valence-electron chi connectivity index (χ3n) is 9.63. The molecule has 7 aromatic carbocycles. The Morgan fingerprint density at radius 3 is 2.04 bits per heavy atom. The Morgan fingerprint density at radius 1 is 0.467 bits per heavy atom. The number of hydrogen-bond donors (Lipinski definition) is 0. The topological polar surface area (TPSA) is 3.24 Å². The van der Waals surface area contributed by atoms with Gasteiger partial charge in [-0.1, -0.05) is 117 Å². The fourth-order valence-corrected chi connectivity index (χ4v) is 8.52. The molecule has 1 nitrogen and oxygen atoms in total. The molecule has 0 aliphatic heterocycles. The Labute approximate surface area is 267 Å². The molecule has 1 heterocycles. The molecule has 0 saturated carbocycles. The number of para-hydroxylation sites is 1. The summed E-state index contributed by atoms with van der Waals surface area (Å²) in [6, 6.07) is 55.9. The van der Waals surface area contributed by atoms with E-state index in [1.54, 1.807) is 0 Å². The molecule has 45 heavy (non-hydrogen) atoms. The fraction of sp³-hybridized carbons (Fsp3) is 0.0698. The molecule has 214 valence electrons. The second-order valence-electron chi connectivity index (χ2n) is 12.6. The van der Waals surface area contributed by atoms with E-state index in [0.717, 1.165) is 5.69 Å². The van der Waals surface area contributed by atoms with E-state index in [1.165, 1.54) is 75.7 Å². The summed E-state index contributed by atoms with van der Waals surface area (Å²) < 4.78 is 2.66. The Morgan fingerprint density at radius 2 is 1.16 bits per heavy atom. The highest BCUT2D eigenvalue weighted by Crippen LogP contribution is 2.51. The molecule has 1 aliphatic carbocycles. The zero-order valence-corrected chi connectivity index (χ0v) is 26.1. The summed E-state index contributed by atoms with van der Waals surface area (Å²) in [5.41, 5.74) is 11.3. The van der Waals surface area contributed by atoms with Gasteiger partial charge in [-0.3, -0.25) is 0 Å². The van der Waals surface area contributed by atoms with Crippen LogP contribution in [0.25, 0.3) is 53.2 Å². The summed E-state index contributed by atoms with van der Waals surface area (Å²) in [5, 5.41) is 5.19. The first-order chi connectivity index (χ1) is 22.1. The first-order valence-corrected chi connectivity index (χ1v) is 16.4. The number of hydrogen-bond acceptors (Lipinski definition) is 2. The van der Waals surface area contributed by atoms with Crippen LogP contribution in [0, 0.1) is 0 Å². The van der Waals surface area contributed by atoms with Crippen molar-refractivity contribution in [3.63, 3.8) is 0 Å². The molecule has 0 amide bonds. The Balaban J connectivity index is 1.28. The van der Waals surface area contributed by atoms with E-state index < -0.39 is 0 Å². The van der Waals surface area contributed by atoms with Crippen LogP contribution in [0.2, 0.25) is 0 Å². The molecule has 0 radical (unpaired) electrons. The standard InChI is InChI=1S/C43H31NS/c1-43(2)38-17-9-6-15-34(38)35-23-22-32(27-39(35)43)44(40-18-10-7-14-33(40)28-12-4-3-5-13-28)31-21-20-29-25-37-36-16-8-11-19-41(36)45-42(37)26-30(29)24-31/h3-27H,1-2H3. The van der Waals surface area contributed by atoms with Gasteiger partial charge in [-0.05, 0) is 87.1 Å². The van der Waals surface area contributed by atoms with Crippen molar-refractivity contribution in [3.05, 3.63) is 163 Å². The molecule has 1 aromatic heterocycles. The number of anilines is 3. The largest absolute Gasteiger partial charge is 0.310 e. The lowest BCUT2D eigenvalue weighted by molar-refractivity contribution is 0.660. The lowest BCUT2D eigenvalue weighted by Crippen LogP contribution is -2.16. The van der Waals surface area contributed by atoms with Crippen molar-refractivity contribution in [1.29, 1.82) is 0 Å². The average molecular weight is 594 g/mol. The summed E-state index contributed by atoms with van der Waals surface area (Å²) >= 11 is 1.88. The number of benzene rings is 7. The van der Waals surface area contributed by atoms with E-state index in [2.05, 4.69) is 170 Å². The average Bonchev–Trinajstić information content (AvgIpc) is 3.55. The summed E-state index contributed by atoms with van der Waals surface area (Å²) in [6.07, 6.45) is 0. The smallest absolute Gasteiger partial charge is 0.0540 e. The quantitative estimate of drug-likeness (QED) is 0.196. The normalized spacial score (nSPS) is 13.3. The lowest BCUT2D eigenvalue weighted by Gasteiger charge is -2.30. The van der Waals surface area contributed by atoms with Crippen LogP contribution in [0.1, 0.15) is 25.0 Å². The number of fused-ring (bicyclic) bond motifs is 7. The van der Waals surface area contributed by atoms with Crippen molar-refractivity contribution >= 4 is 59.3 Å². The predicted octanol–water partition coefficient (Wildman–Crippen LogP) is 12.7. The molecule has 0 unspecified atom stereocenters. The van der Waals surface area contributed by atoms with Crippen molar-refractivity contribution in [2.24, 2.45) is 0 Å². The monoisotopic (exact) mass is 593 g/mol. The van der Waals surface area contributed by atoms with Gasteiger partial charge in [-0.2, -0.15) is 0 Å². The third-order valence-corrected chi connectivity index (χ3v) is 10.8. The molecular weight excluding hydrogens is 563 g/mol. The van der Waals surface area contributed by atoms with Gasteiger partial charge in [0.25, 0.3) is 0 Å². The van der Waals surface area contributed by atoms with Crippen LogP contribution in [-0.2, 0) is 5.41 Å². The molecule has 8 aromatic rings. The van der Waals surface area contributed by atoms with Crippen molar-refractivity contribution in [2.75, 3.05) is 4.90 Å². The minimum atomic E-state index is -0.0806. The van der Waals surface area contributed by atoms with Gasteiger partial charge in [0.2, 0.25) is 0 Å². The van der Waals surface area contributed by atoms with Gasteiger partial charge in [0.1, 0.15) is 0 Å². The minimum absolute atomic E-state index is 0.0806. The molecule has 0 fully saturated rings. The highest BCUT2D eigenvalue weighted by atomic mass is 32.1. The van der Waals surface area contributed by atoms with Gasteiger partial charge in [0, 0.05) is 42.5 Å². The Bertz CT molecular complexity index is 2410. The molecule has 1 aliphatic rings. The van der Waals surface area contributed by atoms with Crippen molar-refractivity contribution in [1.82, 2.24) is 0 Å². The molecule has 0 atom stereocenters. The van der Waals surface area contributed by atoms with Crippen LogP contribution >= 0.6 is 11.3 Å². The third kappa shape index (κ3) is 4.06. The summed E-state index contributed by atoms with van der Waals surface area (Å²) in [6.45, 7) is 4.71. The SMILES string of the molecule is CC1(C)c2ccccc2-c2ccc(N(c3ccc4cc5c(cc4c3)sc3ccccc35)c3ccccc3-c3ccccc3)cc21. The van der Waals surface area contributed by atoms with Gasteiger partial charge in [-0.15, -0.1) is 11.3 Å². The van der Waals surface area contributed by atoms with Gasteiger partial charge in [0.05, 0.1) is 5.69 Å². The van der Waals surface area contributed by atoms with Gasteiger partial charge in [0.15, 0.2) is 0 Å². The van der Waals surface area contributed by atoms with E-state index >= 15 is 0 Å². The zero-order valence-electron chi connectivity index (χ0n) is 25.3. The van der Waals surface area contributed by atoms with Crippen LogP contribution in [-0.4, -0.2) is 0 Å². The molecule has 0 saturated heterocycles. The minimum Gasteiger partial charge on any atom is -0.310 e. The number of nitrogens with zero attached hydrogens (tertiary/aromatic N) is 1. The Hall–Kier alpha value is -5.18. The molecule has 0 spiro atoms. The maximum Gasteiger partial charge on any atom is 0.0540 e. The first-order valence-electron chi connectivity index (χ1n) is 15.6. The van der Waals surface area contributed by atoms with Crippen LogP contribution in [0.5, 0.6) is 0 Å². The van der Waals surface area contributed by atoms with E-state index in [1.807, 2.05) is 11.3 Å². The molecule has 9 rings (SSSR count). The molecule has 2 heteroatoms. The van der Waals surface area contributed by atoms with Crippen LogP contribution in [0.3, 0.4) is 0 Å². The van der Waals surface area contributed by atoms with E-state index in [4.69, 9.17) is 0 Å². The van der Waals surface area contributed by atoms with Gasteiger partial charge >= 0.3 is 0 Å². The van der Waals surface area contributed by atoms with Gasteiger partial charge < -0.3 is 4.90 Å². The van der Waals surface area contributed by atoms with E-state index in [0.29, 0.717) is 0 Å². The van der Waals surface area contributed by atoms with Crippen LogP contribution < -0.4 is 4.90 Å². The second kappa shape index (κ2) is 9.92. The first kappa shape index (κ1) is 26.2. The van der Waals surface area contributed by atoms with E-state index in [9.17, 15) is 0 Å². The fourth-order valence-electron chi connectivity index (χ4n) is 7.38. The number of thiophene rings is 1. The summed E-state index contributed by atoms with van der Waals surface area (Å²) in [4.78, 5) is 2.45. The predicted molar refractivity (Wildman–Crippen MR) is 195 cm³/mol. The highest BCUT2D eigenvalue weighted by Gasteiger charge is 2.35. The van der Waals surface area contributed by atoms with Crippen LogP contribution in [0.4, 0.5) is 17.1 Å². The molecular formula is C43H31NS. The van der Waals surface area contributed by atoms with Crippen molar-refractivity contribution in [3.8, 4) is 22.3 Å². The lowest BCUT2D eigenvalue weighted by atomic mass is 9.82. The van der Waals surface area contributed by atoms with Crippen molar-refractivity contribution < 1.29 is 0 Å². The number of rotatable bonds is 4. The summed E-state index contributed by atoms with van der Waals surface area (Å²) in [5.74, 6) is 0. The maximum absolute atomic E-state index is 2.45. The molecule has 0 bridgehead atoms. The van der Waals surface area contributed by atoms with Crippen LogP contribution in [0.15, 0.2) is 152 Å². The Kier molecular flexibility index (Phi) is 5.78. The zero-order chi connectivity index (χ0) is 30.1. The van der Waals surface area contributed by atoms with Crippen molar-refractivity contribution in [2.45, 2.75) is 19.3 Å². The van der Waals surface area contributed by atoms with Gasteiger partial charge in [-0.25, -0.2) is 0 Å².